The lowest BCUT2D eigenvalue weighted by Crippen LogP contribution is -1.92. The molecule has 0 saturated heterocycles. The van der Waals surface area contributed by atoms with Crippen LogP contribution in [0, 0.1) is 11.8 Å². The number of ether oxygens (including phenoxy) is 2. The molecule has 0 saturated carbocycles. The summed E-state index contributed by atoms with van der Waals surface area (Å²) in [5, 5.41) is 18.2. The average molecular weight is 220 g/mol. The predicted molar refractivity (Wildman–Crippen MR) is 57.4 cm³/mol. The molecular formula is C12H12O4. The lowest BCUT2D eigenvalue weighted by Gasteiger charge is -1.99. The van der Waals surface area contributed by atoms with Crippen molar-refractivity contribution < 1.29 is 19.7 Å². The van der Waals surface area contributed by atoms with Gasteiger partial charge in [-0.1, -0.05) is 11.8 Å². The maximum atomic E-state index is 9.64. The Morgan fingerprint density at radius 3 is 2.75 bits per heavy atom. The van der Waals surface area contributed by atoms with Crippen molar-refractivity contribution in [1.29, 1.82) is 0 Å². The van der Waals surface area contributed by atoms with Gasteiger partial charge < -0.3 is 19.7 Å². The Hall–Kier alpha value is -1.86. The van der Waals surface area contributed by atoms with Gasteiger partial charge in [0.1, 0.15) is 5.75 Å². The van der Waals surface area contributed by atoms with Gasteiger partial charge in [0.05, 0.1) is 5.56 Å². The van der Waals surface area contributed by atoms with Crippen molar-refractivity contribution in [1.82, 2.24) is 0 Å². The highest BCUT2D eigenvalue weighted by molar-refractivity contribution is 5.56. The van der Waals surface area contributed by atoms with Gasteiger partial charge in [-0.25, -0.2) is 0 Å². The number of phenols is 1. The summed E-state index contributed by atoms with van der Waals surface area (Å²) >= 11 is 0. The number of hydrogen-bond donors (Lipinski definition) is 2. The van der Waals surface area contributed by atoms with Crippen LogP contribution in [0.25, 0.3) is 0 Å². The number of hydrogen-bond acceptors (Lipinski definition) is 4. The van der Waals surface area contributed by atoms with Gasteiger partial charge in [-0.3, -0.25) is 0 Å². The number of aliphatic hydroxyl groups is 1. The fourth-order valence-electron chi connectivity index (χ4n) is 1.36. The first kappa shape index (κ1) is 10.7. The maximum Gasteiger partial charge on any atom is 0.231 e. The maximum absolute atomic E-state index is 9.64. The smallest absolute Gasteiger partial charge is 0.231 e. The summed E-state index contributed by atoms with van der Waals surface area (Å²) in [6.07, 6.45) is 1.24. The van der Waals surface area contributed by atoms with E-state index in [-0.39, 0.29) is 19.1 Å². The molecule has 84 valence electrons. The molecule has 1 aliphatic rings. The van der Waals surface area contributed by atoms with Crippen LogP contribution in [0.4, 0.5) is 0 Å². The van der Waals surface area contributed by atoms with Gasteiger partial charge in [0.25, 0.3) is 0 Å². The predicted octanol–water partition coefficient (Wildman–Crippen LogP) is 1.24. The van der Waals surface area contributed by atoms with Crippen LogP contribution in [0.2, 0.25) is 0 Å². The lowest BCUT2D eigenvalue weighted by atomic mass is 10.1. The van der Waals surface area contributed by atoms with Gasteiger partial charge in [-0.2, -0.15) is 0 Å². The highest BCUT2D eigenvalue weighted by Crippen LogP contribution is 2.37. The Morgan fingerprint density at radius 2 is 2.00 bits per heavy atom. The van der Waals surface area contributed by atoms with E-state index < -0.39 is 0 Å². The number of aromatic hydroxyl groups is 1. The van der Waals surface area contributed by atoms with Gasteiger partial charge in [0.2, 0.25) is 6.79 Å². The zero-order valence-corrected chi connectivity index (χ0v) is 8.69. The quantitative estimate of drug-likeness (QED) is 0.581. The zero-order chi connectivity index (χ0) is 11.4. The van der Waals surface area contributed by atoms with Gasteiger partial charge in [-0.05, 0) is 6.42 Å². The van der Waals surface area contributed by atoms with Crippen LogP contribution >= 0.6 is 0 Å². The van der Waals surface area contributed by atoms with Crippen molar-refractivity contribution in [3.05, 3.63) is 17.7 Å². The number of benzene rings is 1. The summed E-state index contributed by atoms with van der Waals surface area (Å²) in [4.78, 5) is 0. The largest absolute Gasteiger partial charge is 0.507 e. The summed E-state index contributed by atoms with van der Waals surface area (Å²) in [5.74, 6) is 6.92. The van der Waals surface area contributed by atoms with Gasteiger partial charge in [-0.15, -0.1) is 0 Å². The van der Waals surface area contributed by atoms with Crippen LogP contribution in [0.3, 0.4) is 0 Å². The Labute approximate surface area is 93.4 Å². The van der Waals surface area contributed by atoms with E-state index in [9.17, 15) is 5.11 Å². The molecule has 4 nitrogen and oxygen atoms in total. The molecule has 2 rings (SSSR count). The first-order chi connectivity index (χ1) is 7.81. The fourth-order valence-corrected chi connectivity index (χ4v) is 1.36. The molecule has 16 heavy (non-hydrogen) atoms. The molecule has 2 N–H and O–H groups in total. The molecule has 0 bridgehead atoms. The van der Waals surface area contributed by atoms with E-state index in [1.165, 1.54) is 6.07 Å². The second-order valence-corrected chi connectivity index (χ2v) is 3.35. The second-order valence-electron chi connectivity index (χ2n) is 3.35. The summed E-state index contributed by atoms with van der Waals surface area (Å²) in [5.41, 5.74) is 0.516. The standard InChI is InChI=1S/C12H12O4/c13-5-3-1-2-4-9-6-11-12(7-10(9)14)16-8-15-11/h6-7,13-14H,1,3,5,8H2. The van der Waals surface area contributed by atoms with E-state index in [0.717, 1.165) is 0 Å². The highest BCUT2D eigenvalue weighted by atomic mass is 16.7. The Bertz CT molecular complexity index is 442. The van der Waals surface area contributed by atoms with Crippen molar-refractivity contribution >= 4 is 0 Å². The molecule has 0 radical (unpaired) electrons. The van der Waals surface area contributed by atoms with Crippen molar-refractivity contribution in [3.63, 3.8) is 0 Å². The van der Waals surface area contributed by atoms with E-state index in [2.05, 4.69) is 11.8 Å². The molecule has 1 aromatic rings. The van der Waals surface area contributed by atoms with Crippen molar-refractivity contribution in [2.45, 2.75) is 12.8 Å². The third-order valence-corrected chi connectivity index (χ3v) is 2.17. The first-order valence-corrected chi connectivity index (χ1v) is 5.03. The van der Waals surface area contributed by atoms with Crippen molar-refractivity contribution in [2.75, 3.05) is 13.4 Å². The number of phenolic OH excluding ortho intramolecular Hbond substituents is 1. The van der Waals surface area contributed by atoms with Crippen LogP contribution in [0.15, 0.2) is 12.1 Å². The number of rotatable bonds is 2. The van der Waals surface area contributed by atoms with E-state index in [1.54, 1.807) is 6.07 Å². The number of unbranched alkanes of at least 4 members (excludes halogenated alkanes) is 1. The summed E-state index contributed by atoms with van der Waals surface area (Å²) in [6, 6.07) is 3.15. The van der Waals surface area contributed by atoms with Gasteiger partial charge in [0.15, 0.2) is 11.5 Å². The van der Waals surface area contributed by atoms with Crippen LogP contribution in [-0.4, -0.2) is 23.6 Å². The third-order valence-electron chi connectivity index (χ3n) is 2.17. The Morgan fingerprint density at radius 1 is 1.25 bits per heavy atom. The Balaban J connectivity index is 2.17. The first-order valence-electron chi connectivity index (χ1n) is 5.03. The molecule has 0 atom stereocenters. The summed E-state index contributed by atoms with van der Waals surface area (Å²) < 4.78 is 10.3. The van der Waals surface area contributed by atoms with Gasteiger partial charge in [0, 0.05) is 25.2 Å². The summed E-state index contributed by atoms with van der Waals surface area (Å²) in [7, 11) is 0. The topological polar surface area (TPSA) is 58.9 Å². The SMILES string of the molecule is OCCCC#Cc1cc2c(cc1O)OCO2. The second kappa shape index (κ2) is 4.77. The number of aliphatic hydroxyl groups excluding tert-OH is 1. The minimum atomic E-state index is 0.0840. The third kappa shape index (κ3) is 2.20. The van der Waals surface area contributed by atoms with Gasteiger partial charge >= 0.3 is 0 Å². The molecule has 1 aromatic carbocycles. The molecule has 0 spiro atoms. The van der Waals surface area contributed by atoms with Crippen LogP contribution in [0.1, 0.15) is 18.4 Å². The van der Waals surface area contributed by atoms with Crippen molar-refractivity contribution in [2.24, 2.45) is 0 Å². The monoisotopic (exact) mass is 220 g/mol. The molecule has 0 unspecified atom stereocenters. The summed E-state index contributed by atoms with van der Waals surface area (Å²) in [6.45, 7) is 0.304. The molecule has 1 heterocycles. The minimum absolute atomic E-state index is 0.0840. The van der Waals surface area contributed by atoms with Crippen LogP contribution in [0.5, 0.6) is 17.2 Å². The molecule has 4 heteroatoms. The van der Waals surface area contributed by atoms with E-state index in [1.807, 2.05) is 0 Å². The minimum Gasteiger partial charge on any atom is -0.507 e. The van der Waals surface area contributed by atoms with E-state index in [4.69, 9.17) is 14.6 Å². The zero-order valence-electron chi connectivity index (χ0n) is 8.69. The van der Waals surface area contributed by atoms with E-state index in [0.29, 0.717) is 29.9 Å². The van der Waals surface area contributed by atoms with E-state index >= 15 is 0 Å². The molecule has 1 aliphatic heterocycles. The molecule has 0 aliphatic carbocycles. The van der Waals surface area contributed by atoms with Crippen molar-refractivity contribution in [3.8, 4) is 29.1 Å². The molecular weight excluding hydrogens is 208 g/mol. The lowest BCUT2D eigenvalue weighted by molar-refractivity contribution is 0.174. The Kier molecular flexibility index (Phi) is 3.18. The molecule has 0 fully saturated rings. The van der Waals surface area contributed by atoms with Crippen LogP contribution < -0.4 is 9.47 Å². The molecule has 0 aromatic heterocycles. The fraction of sp³-hybridized carbons (Fsp3) is 0.333. The van der Waals surface area contributed by atoms with Crippen LogP contribution in [-0.2, 0) is 0 Å². The number of fused-ring (bicyclic) bond motifs is 1. The molecule has 0 amide bonds. The highest BCUT2D eigenvalue weighted by Gasteiger charge is 2.15. The normalized spacial score (nSPS) is 12.1. The average Bonchev–Trinajstić information content (AvgIpc) is 2.71.